The lowest BCUT2D eigenvalue weighted by atomic mass is 9.46. The average molecular weight is 442 g/mol. The molecule has 1 aliphatic heterocycles. The Morgan fingerprint density at radius 3 is 2.55 bits per heavy atom. The van der Waals surface area contributed by atoms with Crippen LogP contribution in [0.5, 0.6) is 0 Å². The highest BCUT2D eigenvalue weighted by Crippen LogP contribution is 2.62. The smallest absolute Gasteiger partial charge is 0.426 e. The van der Waals surface area contributed by atoms with E-state index in [1.54, 1.807) is 0 Å². The molecule has 5 fully saturated rings. The Balaban J connectivity index is 1.53. The predicted molar refractivity (Wildman–Crippen MR) is 92.4 cm³/mol. The summed E-state index contributed by atoms with van der Waals surface area (Å²) in [6, 6.07) is 0. The molecule has 29 heavy (non-hydrogen) atoms. The van der Waals surface area contributed by atoms with E-state index >= 15 is 0 Å². The van der Waals surface area contributed by atoms with Crippen molar-refractivity contribution in [3.63, 3.8) is 0 Å². The second kappa shape index (κ2) is 7.06. The summed E-state index contributed by atoms with van der Waals surface area (Å²) in [6.45, 7) is 2.92. The Kier molecular flexibility index (Phi) is 5.20. The molecule has 5 rings (SSSR count). The second-order valence-corrected chi connectivity index (χ2v) is 10.6. The molecule has 0 aromatic rings. The lowest BCUT2D eigenvalue weighted by Gasteiger charge is -2.62. The number of ether oxygens (including phenoxy) is 3. The van der Waals surface area contributed by atoms with E-state index in [1.165, 1.54) is 0 Å². The molecule has 4 bridgehead atoms. The fraction of sp³-hybridized carbons (Fsp3) is 0.944. The summed E-state index contributed by atoms with van der Waals surface area (Å²) < 4.78 is 86.5. The van der Waals surface area contributed by atoms with E-state index in [0.29, 0.717) is 32.0 Å². The van der Waals surface area contributed by atoms with Crippen LogP contribution in [0.15, 0.2) is 0 Å². The molecule has 1 N–H and O–H groups in total. The van der Waals surface area contributed by atoms with Gasteiger partial charge in [-0.2, -0.15) is 21.6 Å². The van der Waals surface area contributed by atoms with Gasteiger partial charge in [0, 0.05) is 5.92 Å². The van der Waals surface area contributed by atoms with E-state index in [-0.39, 0.29) is 23.9 Å². The van der Waals surface area contributed by atoms with Gasteiger partial charge in [-0.05, 0) is 50.4 Å². The van der Waals surface area contributed by atoms with Crippen molar-refractivity contribution in [2.24, 2.45) is 29.6 Å². The van der Waals surface area contributed by atoms with E-state index in [2.05, 4.69) is 4.74 Å². The van der Waals surface area contributed by atoms with E-state index in [4.69, 9.17) is 14.0 Å². The van der Waals surface area contributed by atoms with Gasteiger partial charge in [0.1, 0.15) is 11.9 Å². The van der Waals surface area contributed by atoms with Crippen molar-refractivity contribution in [1.82, 2.24) is 0 Å². The minimum absolute atomic E-state index is 0.0267. The lowest BCUT2D eigenvalue weighted by molar-refractivity contribution is -0.242. The first-order valence-electron chi connectivity index (χ1n) is 9.84. The fourth-order valence-electron chi connectivity index (χ4n) is 5.79. The summed E-state index contributed by atoms with van der Waals surface area (Å²) in [6.07, 6.45) is -4.89. The van der Waals surface area contributed by atoms with Crippen LogP contribution in [0.1, 0.15) is 32.6 Å². The molecular weight excluding hydrogens is 417 g/mol. The average Bonchev–Trinajstić information content (AvgIpc) is 3.39. The maximum absolute atomic E-state index is 13.2. The van der Waals surface area contributed by atoms with Crippen LogP contribution in [0.25, 0.3) is 0 Å². The molecule has 1 saturated heterocycles. The molecule has 0 radical (unpaired) electrons. The third kappa shape index (κ3) is 4.28. The van der Waals surface area contributed by atoms with Crippen LogP contribution in [0.4, 0.5) is 13.2 Å². The van der Waals surface area contributed by atoms with E-state index in [1.807, 2.05) is 6.92 Å². The number of halogens is 3. The van der Waals surface area contributed by atoms with Gasteiger partial charge in [0.2, 0.25) is 6.10 Å². The number of hydrogen-bond donors (Lipinski definition) is 1. The third-order valence-electron chi connectivity index (χ3n) is 7.16. The number of epoxide rings is 1. The zero-order valence-electron chi connectivity index (χ0n) is 15.9. The zero-order valence-corrected chi connectivity index (χ0v) is 16.7. The first-order chi connectivity index (χ1) is 13.4. The van der Waals surface area contributed by atoms with Crippen LogP contribution in [-0.4, -0.2) is 61.9 Å². The predicted octanol–water partition coefficient (Wildman–Crippen LogP) is 2.20. The molecule has 0 aromatic heterocycles. The van der Waals surface area contributed by atoms with Crippen molar-refractivity contribution in [3.8, 4) is 0 Å². The Hall–Kier alpha value is -0.910. The highest BCUT2D eigenvalue weighted by molar-refractivity contribution is 7.85. The van der Waals surface area contributed by atoms with Gasteiger partial charge < -0.3 is 14.2 Å². The number of alkyl halides is 3. The standard InChI is InChI=1S/C18H25F3O7S/c1-17(27-7-12-6-26-12)11-3-9-2-10(5-11)15(13(17)4-9)16(22)28-14(18(19,20)21)8-29(23,24)25/h9-15H,2-8H2,1H3,(H,23,24,25). The third-order valence-corrected chi connectivity index (χ3v) is 7.88. The van der Waals surface area contributed by atoms with Gasteiger partial charge in [-0.1, -0.05) is 0 Å². The van der Waals surface area contributed by atoms with E-state index in [0.717, 1.165) is 12.8 Å². The summed E-state index contributed by atoms with van der Waals surface area (Å²) in [5, 5.41) is 0. The monoisotopic (exact) mass is 442 g/mol. The molecule has 8 atom stereocenters. The molecule has 7 nitrogen and oxygen atoms in total. The molecule has 4 saturated carbocycles. The molecule has 8 unspecified atom stereocenters. The molecule has 11 heteroatoms. The number of hydrogen-bond acceptors (Lipinski definition) is 6. The summed E-state index contributed by atoms with van der Waals surface area (Å²) in [4.78, 5) is 12.8. The van der Waals surface area contributed by atoms with Crippen LogP contribution >= 0.6 is 0 Å². The Morgan fingerprint density at radius 1 is 1.28 bits per heavy atom. The van der Waals surface area contributed by atoms with Gasteiger partial charge >= 0.3 is 12.1 Å². The van der Waals surface area contributed by atoms with Crippen LogP contribution in [0.2, 0.25) is 0 Å². The number of carbonyl (C=O) groups excluding carboxylic acids is 1. The maximum Gasteiger partial charge on any atom is 0.426 e. The molecular formula is C18H25F3O7S. The minimum Gasteiger partial charge on any atom is -0.451 e. The van der Waals surface area contributed by atoms with Crippen LogP contribution in [-0.2, 0) is 29.1 Å². The van der Waals surface area contributed by atoms with Crippen molar-refractivity contribution >= 4 is 16.1 Å². The fourth-order valence-corrected chi connectivity index (χ4v) is 6.43. The van der Waals surface area contributed by atoms with Gasteiger partial charge in [-0.3, -0.25) is 9.35 Å². The van der Waals surface area contributed by atoms with Crippen molar-refractivity contribution < 1.29 is 45.1 Å². The van der Waals surface area contributed by atoms with Gasteiger partial charge in [-0.15, -0.1) is 0 Å². The Morgan fingerprint density at radius 2 is 1.97 bits per heavy atom. The van der Waals surface area contributed by atoms with Gasteiger partial charge in [0.05, 0.1) is 24.7 Å². The molecule has 0 spiro atoms. The number of esters is 1. The van der Waals surface area contributed by atoms with Crippen molar-refractivity contribution in [2.45, 2.75) is 56.6 Å². The van der Waals surface area contributed by atoms with Gasteiger partial charge in [0.25, 0.3) is 10.1 Å². The Labute approximate surface area is 167 Å². The molecule has 0 amide bonds. The topological polar surface area (TPSA) is 102 Å². The Bertz CT molecular complexity index is 766. The van der Waals surface area contributed by atoms with E-state index < -0.39 is 45.6 Å². The molecule has 4 aliphatic carbocycles. The number of rotatable bonds is 7. The lowest BCUT2D eigenvalue weighted by Crippen LogP contribution is -2.63. The normalized spacial score (nSPS) is 42.0. The highest BCUT2D eigenvalue weighted by Gasteiger charge is 2.63. The first-order valence-corrected chi connectivity index (χ1v) is 11.5. The largest absolute Gasteiger partial charge is 0.451 e. The maximum atomic E-state index is 13.2. The van der Waals surface area contributed by atoms with Gasteiger partial charge in [-0.25, -0.2) is 0 Å². The van der Waals surface area contributed by atoms with Crippen molar-refractivity contribution in [1.29, 1.82) is 0 Å². The van der Waals surface area contributed by atoms with Crippen LogP contribution < -0.4 is 0 Å². The summed E-state index contributed by atoms with van der Waals surface area (Å²) in [7, 11) is -4.97. The van der Waals surface area contributed by atoms with Gasteiger partial charge in [0.15, 0.2) is 0 Å². The quantitative estimate of drug-likeness (QED) is 0.366. The summed E-state index contributed by atoms with van der Waals surface area (Å²) >= 11 is 0. The van der Waals surface area contributed by atoms with E-state index in [9.17, 15) is 26.4 Å². The SMILES string of the molecule is CC1(OCC2CO2)C2CC3CC(C2)C(C(=O)OC(CS(=O)(=O)O)C(F)(F)F)C1C3. The molecule has 5 aliphatic rings. The van der Waals surface area contributed by atoms with Crippen LogP contribution in [0, 0.1) is 29.6 Å². The molecule has 1 heterocycles. The first kappa shape index (κ1) is 21.3. The second-order valence-electron chi connectivity index (χ2n) is 9.06. The molecule has 166 valence electrons. The summed E-state index contributed by atoms with van der Waals surface area (Å²) in [5.41, 5.74) is -0.653. The zero-order chi connectivity index (χ0) is 21.2. The van der Waals surface area contributed by atoms with Crippen LogP contribution in [0.3, 0.4) is 0 Å². The summed E-state index contributed by atoms with van der Waals surface area (Å²) in [5.74, 6) is -3.28. The minimum atomic E-state index is -5.10. The highest BCUT2D eigenvalue weighted by atomic mass is 32.2. The van der Waals surface area contributed by atoms with Crippen molar-refractivity contribution in [3.05, 3.63) is 0 Å². The number of carbonyl (C=O) groups is 1. The van der Waals surface area contributed by atoms with Crippen molar-refractivity contribution in [2.75, 3.05) is 19.0 Å². The molecule has 0 aromatic carbocycles.